The molecule has 0 N–H and O–H groups in total. The van der Waals surface area contributed by atoms with Crippen LogP contribution < -0.4 is 0 Å². The second-order valence-corrected chi connectivity index (χ2v) is 9.02. The maximum absolute atomic E-state index is 13.8. The van der Waals surface area contributed by atoms with Gasteiger partial charge in [0.05, 0.1) is 16.2 Å². The lowest BCUT2D eigenvalue weighted by molar-refractivity contribution is -0.142. The molecule has 1 aromatic carbocycles. The van der Waals surface area contributed by atoms with Gasteiger partial charge in [0.1, 0.15) is 0 Å². The number of ether oxygens (including phenoxy) is 1. The fourth-order valence-electron chi connectivity index (χ4n) is 4.67. The van der Waals surface area contributed by atoms with Crippen molar-refractivity contribution in [2.24, 2.45) is 0 Å². The molecule has 1 amide bonds. The normalized spacial score (nSPS) is 21.5. The molecule has 5 rings (SSSR count). The molecular weight excluding hydrogens is 398 g/mol. The summed E-state index contributed by atoms with van der Waals surface area (Å²) in [5.41, 5.74) is 0.594. The van der Waals surface area contributed by atoms with Crippen molar-refractivity contribution in [1.82, 2.24) is 15.1 Å². The van der Waals surface area contributed by atoms with E-state index in [2.05, 4.69) is 22.3 Å². The van der Waals surface area contributed by atoms with Crippen molar-refractivity contribution in [1.29, 1.82) is 0 Å². The summed E-state index contributed by atoms with van der Waals surface area (Å²) >= 11 is 1.58. The first-order valence-electron chi connectivity index (χ1n) is 10.6. The lowest BCUT2D eigenvalue weighted by atomic mass is 9.72. The smallest absolute Gasteiger partial charge is 0.257 e. The van der Waals surface area contributed by atoms with Crippen LogP contribution in [-0.4, -0.2) is 47.3 Å². The number of nitrogens with zero attached hydrogens (tertiary/aromatic N) is 3. The van der Waals surface area contributed by atoms with Gasteiger partial charge in [0.25, 0.3) is 5.89 Å². The summed E-state index contributed by atoms with van der Waals surface area (Å²) in [5.74, 6) is 1.49. The van der Waals surface area contributed by atoms with Gasteiger partial charge in [-0.05, 0) is 42.7 Å². The van der Waals surface area contributed by atoms with E-state index in [1.54, 1.807) is 11.3 Å². The minimum atomic E-state index is -0.502. The Bertz CT molecular complexity index is 980. The van der Waals surface area contributed by atoms with Gasteiger partial charge in [-0.15, -0.1) is 21.5 Å². The van der Waals surface area contributed by atoms with Gasteiger partial charge in [0.15, 0.2) is 0 Å². The number of carbonyl (C=O) groups is 1. The Morgan fingerprint density at radius 3 is 2.70 bits per heavy atom. The Morgan fingerprint density at radius 1 is 1.10 bits per heavy atom. The molecule has 0 saturated carbocycles. The number of amides is 1. The van der Waals surface area contributed by atoms with E-state index in [1.165, 1.54) is 0 Å². The van der Waals surface area contributed by atoms with Crippen molar-refractivity contribution in [2.45, 2.75) is 37.0 Å². The molecule has 2 aromatic heterocycles. The average Bonchev–Trinajstić information content (AvgIpc) is 3.52. The largest absolute Gasteiger partial charge is 0.420 e. The molecule has 1 atom stereocenters. The first kappa shape index (κ1) is 19.5. The predicted octanol–water partition coefficient (Wildman–Crippen LogP) is 4.25. The Morgan fingerprint density at radius 2 is 1.93 bits per heavy atom. The van der Waals surface area contributed by atoms with E-state index in [4.69, 9.17) is 9.15 Å². The molecule has 0 spiro atoms. The van der Waals surface area contributed by atoms with Gasteiger partial charge in [0, 0.05) is 26.3 Å². The van der Waals surface area contributed by atoms with Crippen molar-refractivity contribution in [3.05, 3.63) is 59.3 Å². The lowest BCUT2D eigenvalue weighted by Gasteiger charge is -2.42. The second-order valence-electron chi connectivity index (χ2n) is 8.07. The van der Waals surface area contributed by atoms with Gasteiger partial charge < -0.3 is 14.1 Å². The summed E-state index contributed by atoms with van der Waals surface area (Å²) in [5, 5.41) is 10.5. The van der Waals surface area contributed by atoms with Crippen LogP contribution in [0.25, 0.3) is 10.8 Å². The molecule has 0 bridgehead atoms. The number of carbonyl (C=O) groups excluding carboxylic acids is 1. The van der Waals surface area contributed by atoms with Crippen molar-refractivity contribution >= 4 is 17.2 Å². The number of likely N-dealkylation sites (tertiary alicyclic amines) is 1. The minimum Gasteiger partial charge on any atom is -0.420 e. The standard InChI is InChI=1S/C23H25N3O3S/c27-22(23(10-13-28-14-11-23)18-7-2-1-3-8-18)26-12-4-6-17(16-26)20-24-25-21(29-20)19-9-5-15-30-19/h1-3,5,7-9,15,17H,4,6,10-14,16H2. The molecule has 2 fully saturated rings. The number of piperidine rings is 1. The van der Waals surface area contributed by atoms with Crippen molar-refractivity contribution in [3.8, 4) is 10.8 Å². The Balaban J connectivity index is 1.38. The highest BCUT2D eigenvalue weighted by Crippen LogP contribution is 2.39. The molecular formula is C23H25N3O3S. The third-order valence-corrected chi connectivity index (χ3v) is 7.17. The Kier molecular flexibility index (Phi) is 5.39. The molecule has 2 saturated heterocycles. The van der Waals surface area contributed by atoms with Crippen molar-refractivity contribution in [2.75, 3.05) is 26.3 Å². The summed E-state index contributed by atoms with van der Waals surface area (Å²) < 4.78 is 11.6. The molecule has 3 aromatic rings. The fourth-order valence-corrected chi connectivity index (χ4v) is 5.31. The molecule has 6 nitrogen and oxygen atoms in total. The van der Waals surface area contributed by atoms with Crippen LogP contribution in [0.15, 0.2) is 52.3 Å². The third-order valence-electron chi connectivity index (χ3n) is 6.31. The van der Waals surface area contributed by atoms with Crippen LogP contribution in [0.4, 0.5) is 0 Å². The van der Waals surface area contributed by atoms with Gasteiger partial charge in [-0.1, -0.05) is 36.4 Å². The first-order chi connectivity index (χ1) is 14.8. The van der Waals surface area contributed by atoms with Crippen molar-refractivity contribution in [3.63, 3.8) is 0 Å². The molecule has 2 aliphatic rings. The summed E-state index contributed by atoms with van der Waals surface area (Å²) in [4.78, 5) is 16.8. The summed E-state index contributed by atoms with van der Waals surface area (Å²) in [6.07, 6.45) is 3.34. The number of benzene rings is 1. The van der Waals surface area contributed by atoms with Crippen LogP contribution in [-0.2, 0) is 14.9 Å². The van der Waals surface area contributed by atoms with Crippen LogP contribution >= 0.6 is 11.3 Å². The van der Waals surface area contributed by atoms with Crippen molar-refractivity contribution < 1.29 is 13.9 Å². The Labute approximate surface area is 179 Å². The molecule has 2 aliphatic heterocycles. The second kappa shape index (κ2) is 8.32. The minimum absolute atomic E-state index is 0.0802. The zero-order valence-corrected chi connectivity index (χ0v) is 17.6. The highest BCUT2D eigenvalue weighted by Gasteiger charge is 2.45. The van der Waals surface area contributed by atoms with Crippen LogP contribution in [0.2, 0.25) is 0 Å². The fraction of sp³-hybridized carbons (Fsp3) is 0.435. The lowest BCUT2D eigenvalue weighted by Crippen LogP contribution is -2.52. The summed E-state index contributed by atoms with van der Waals surface area (Å²) in [7, 11) is 0. The molecule has 30 heavy (non-hydrogen) atoms. The molecule has 1 unspecified atom stereocenters. The van der Waals surface area contributed by atoms with Crippen LogP contribution in [0.5, 0.6) is 0 Å². The highest BCUT2D eigenvalue weighted by molar-refractivity contribution is 7.13. The van der Waals surface area contributed by atoms with Crippen LogP contribution in [0.1, 0.15) is 43.1 Å². The monoisotopic (exact) mass is 423 g/mol. The zero-order valence-electron chi connectivity index (χ0n) is 16.8. The Hall–Kier alpha value is -2.51. The number of thiophene rings is 1. The number of aromatic nitrogens is 2. The first-order valence-corrected chi connectivity index (χ1v) is 11.4. The maximum atomic E-state index is 13.8. The van der Waals surface area contributed by atoms with E-state index in [0.717, 1.165) is 42.7 Å². The van der Waals surface area contributed by atoms with E-state index in [0.29, 0.717) is 31.5 Å². The predicted molar refractivity (Wildman–Crippen MR) is 114 cm³/mol. The van der Waals surface area contributed by atoms with E-state index >= 15 is 0 Å². The number of rotatable bonds is 4. The number of hydrogen-bond acceptors (Lipinski definition) is 6. The highest BCUT2D eigenvalue weighted by atomic mass is 32.1. The van der Waals surface area contributed by atoms with E-state index < -0.39 is 5.41 Å². The van der Waals surface area contributed by atoms with Crippen LogP contribution in [0.3, 0.4) is 0 Å². The quantitative estimate of drug-likeness (QED) is 0.627. The molecule has 7 heteroatoms. The topological polar surface area (TPSA) is 68.5 Å². The SMILES string of the molecule is O=C(N1CCCC(c2nnc(-c3cccs3)o2)C1)C1(c2ccccc2)CCOCC1. The molecule has 4 heterocycles. The van der Waals surface area contributed by atoms with E-state index in [1.807, 2.05) is 40.6 Å². The summed E-state index contributed by atoms with van der Waals surface area (Å²) in [6.45, 7) is 2.63. The maximum Gasteiger partial charge on any atom is 0.257 e. The van der Waals surface area contributed by atoms with Gasteiger partial charge >= 0.3 is 0 Å². The van der Waals surface area contributed by atoms with Crippen LogP contribution in [0, 0.1) is 0 Å². The van der Waals surface area contributed by atoms with Gasteiger partial charge in [-0.25, -0.2) is 0 Å². The average molecular weight is 424 g/mol. The zero-order chi connectivity index (χ0) is 20.4. The van der Waals surface area contributed by atoms with Gasteiger partial charge in [-0.2, -0.15) is 0 Å². The van der Waals surface area contributed by atoms with E-state index in [-0.39, 0.29) is 11.8 Å². The van der Waals surface area contributed by atoms with Gasteiger partial charge in [0.2, 0.25) is 11.8 Å². The summed E-state index contributed by atoms with van der Waals surface area (Å²) in [6, 6.07) is 14.1. The molecule has 156 valence electrons. The number of hydrogen-bond donors (Lipinski definition) is 0. The third kappa shape index (κ3) is 3.56. The molecule has 0 aliphatic carbocycles. The van der Waals surface area contributed by atoms with E-state index in [9.17, 15) is 4.79 Å². The molecule has 0 radical (unpaired) electrons. The van der Waals surface area contributed by atoms with Gasteiger partial charge in [-0.3, -0.25) is 4.79 Å².